The summed E-state index contributed by atoms with van der Waals surface area (Å²) < 4.78 is -0.101. The van der Waals surface area contributed by atoms with E-state index in [9.17, 15) is 0 Å². The molecule has 0 spiro atoms. The van der Waals surface area contributed by atoms with Crippen molar-refractivity contribution >= 4 is 37.4 Å². The average molecular weight is 314 g/mol. The van der Waals surface area contributed by atoms with E-state index in [1.165, 1.54) is 11.1 Å². The fraction of sp³-hybridized carbons (Fsp3) is 0.167. The molecule has 0 radical (unpaired) electrons. The molecular weight excluding hydrogens is 304 g/mol. The van der Waals surface area contributed by atoms with E-state index in [0.29, 0.717) is 0 Å². The number of alkyl halides is 2. The minimum absolute atomic E-state index is 0.101. The van der Waals surface area contributed by atoms with Crippen LogP contribution in [-0.2, 0) is 0 Å². The SMILES string of the molecule is BrC1(Br)CC=CC=C1c1ccccc1. The molecule has 0 aromatic heterocycles. The Morgan fingerprint density at radius 2 is 1.79 bits per heavy atom. The van der Waals surface area contributed by atoms with Gasteiger partial charge >= 0.3 is 0 Å². The Morgan fingerprint density at radius 3 is 2.43 bits per heavy atom. The molecule has 72 valence electrons. The largest absolute Gasteiger partial charge is 0.109 e. The lowest BCUT2D eigenvalue weighted by molar-refractivity contribution is 1.04. The first-order valence-corrected chi connectivity index (χ1v) is 6.09. The van der Waals surface area contributed by atoms with Crippen LogP contribution >= 0.6 is 31.9 Å². The zero-order valence-corrected chi connectivity index (χ0v) is 10.8. The van der Waals surface area contributed by atoms with Crippen LogP contribution in [0.25, 0.3) is 5.57 Å². The summed E-state index contributed by atoms with van der Waals surface area (Å²) in [4.78, 5) is 0. The van der Waals surface area contributed by atoms with Crippen LogP contribution in [0.2, 0.25) is 0 Å². The van der Waals surface area contributed by atoms with Crippen molar-refractivity contribution in [2.24, 2.45) is 0 Å². The Hall–Kier alpha value is -0.340. The maximum atomic E-state index is 3.69. The molecule has 0 N–H and O–H groups in total. The highest BCUT2D eigenvalue weighted by Crippen LogP contribution is 2.45. The summed E-state index contributed by atoms with van der Waals surface area (Å²) in [6, 6.07) is 10.4. The molecule has 0 heterocycles. The highest BCUT2D eigenvalue weighted by molar-refractivity contribution is 9.25. The standard InChI is InChI=1S/C12H10Br2/c13-12(14)9-5-4-8-11(12)10-6-2-1-3-7-10/h1-8H,9H2. The summed E-state index contributed by atoms with van der Waals surface area (Å²) in [5, 5.41) is 0. The number of benzene rings is 1. The minimum Gasteiger partial charge on any atom is -0.0819 e. The maximum Gasteiger partial charge on any atom is 0.109 e. The molecule has 1 aliphatic carbocycles. The van der Waals surface area contributed by atoms with Gasteiger partial charge in [0, 0.05) is 0 Å². The summed E-state index contributed by atoms with van der Waals surface area (Å²) in [6.45, 7) is 0. The van der Waals surface area contributed by atoms with Gasteiger partial charge in [-0.1, -0.05) is 80.4 Å². The summed E-state index contributed by atoms with van der Waals surface area (Å²) in [5.74, 6) is 0. The third kappa shape index (κ3) is 2.01. The van der Waals surface area contributed by atoms with Crippen molar-refractivity contribution in [2.45, 2.75) is 9.65 Å². The smallest absolute Gasteiger partial charge is 0.0819 e. The third-order valence-electron chi connectivity index (χ3n) is 2.25. The van der Waals surface area contributed by atoms with Crippen LogP contribution in [0.3, 0.4) is 0 Å². The second kappa shape index (κ2) is 4.03. The first-order chi connectivity index (χ1) is 6.70. The van der Waals surface area contributed by atoms with Gasteiger partial charge in [-0.15, -0.1) is 0 Å². The van der Waals surface area contributed by atoms with E-state index in [0.717, 1.165) is 6.42 Å². The average Bonchev–Trinajstić information content (AvgIpc) is 2.18. The Morgan fingerprint density at radius 1 is 1.07 bits per heavy atom. The molecular formula is C12H10Br2. The monoisotopic (exact) mass is 312 g/mol. The molecule has 0 atom stereocenters. The molecule has 1 aliphatic rings. The topological polar surface area (TPSA) is 0 Å². The van der Waals surface area contributed by atoms with Gasteiger partial charge in [-0.3, -0.25) is 0 Å². The van der Waals surface area contributed by atoms with Crippen molar-refractivity contribution in [3.63, 3.8) is 0 Å². The van der Waals surface area contributed by atoms with Gasteiger partial charge in [-0.2, -0.15) is 0 Å². The molecule has 1 aromatic rings. The van der Waals surface area contributed by atoms with E-state index >= 15 is 0 Å². The van der Waals surface area contributed by atoms with Crippen molar-refractivity contribution in [1.82, 2.24) is 0 Å². The quantitative estimate of drug-likeness (QED) is 0.669. The predicted octanol–water partition coefficient (Wildman–Crippen LogP) is 4.52. The Labute approximate surface area is 101 Å². The van der Waals surface area contributed by atoms with Gasteiger partial charge in [0.25, 0.3) is 0 Å². The molecule has 14 heavy (non-hydrogen) atoms. The summed E-state index contributed by atoms with van der Waals surface area (Å²) in [6.07, 6.45) is 7.36. The lowest BCUT2D eigenvalue weighted by atomic mass is 9.97. The lowest BCUT2D eigenvalue weighted by Crippen LogP contribution is -2.14. The zero-order chi connectivity index (χ0) is 10.0. The fourth-order valence-electron chi connectivity index (χ4n) is 1.54. The van der Waals surface area contributed by atoms with E-state index < -0.39 is 0 Å². The van der Waals surface area contributed by atoms with E-state index in [2.05, 4.69) is 74.4 Å². The van der Waals surface area contributed by atoms with Crippen molar-refractivity contribution in [2.75, 3.05) is 0 Å². The highest BCUT2D eigenvalue weighted by atomic mass is 79.9. The fourth-order valence-corrected chi connectivity index (χ4v) is 2.63. The molecule has 0 bridgehead atoms. The predicted molar refractivity (Wildman–Crippen MR) is 68.8 cm³/mol. The Balaban J connectivity index is 2.43. The molecule has 1 aromatic carbocycles. The van der Waals surface area contributed by atoms with Crippen LogP contribution in [0.15, 0.2) is 48.6 Å². The maximum absolute atomic E-state index is 3.69. The second-order valence-electron chi connectivity index (χ2n) is 3.28. The van der Waals surface area contributed by atoms with Crippen LogP contribution in [0.4, 0.5) is 0 Å². The molecule has 0 saturated carbocycles. The van der Waals surface area contributed by atoms with Crippen molar-refractivity contribution in [3.05, 3.63) is 54.1 Å². The van der Waals surface area contributed by atoms with Gasteiger partial charge in [0.2, 0.25) is 0 Å². The van der Waals surface area contributed by atoms with Gasteiger partial charge in [-0.05, 0) is 17.6 Å². The molecule has 0 fully saturated rings. The van der Waals surface area contributed by atoms with Gasteiger partial charge < -0.3 is 0 Å². The van der Waals surface area contributed by atoms with Crippen molar-refractivity contribution in [1.29, 1.82) is 0 Å². The van der Waals surface area contributed by atoms with Crippen LogP contribution in [0.5, 0.6) is 0 Å². The number of halogens is 2. The third-order valence-corrected chi connectivity index (χ3v) is 3.75. The minimum atomic E-state index is -0.101. The van der Waals surface area contributed by atoms with Gasteiger partial charge in [-0.25, -0.2) is 0 Å². The van der Waals surface area contributed by atoms with Gasteiger partial charge in [0.05, 0.1) is 0 Å². The molecule has 0 unspecified atom stereocenters. The first-order valence-electron chi connectivity index (χ1n) is 4.51. The second-order valence-corrected chi connectivity index (χ2v) is 7.05. The zero-order valence-electron chi connectivity index (χ0n) is 7.58. The van der Waals surface area contributed by atoms with Crippen LogP contribution in [0.1, 0.15) is 12.0 Å². The summed E-state index contributed by atoms with van der Waals surface area (Å²) in [7, 11) is 0. The summed E-state index contributed by atoms with van der Waals surface area (Å²) in [5.41, 5.74) is 2.53. The van der Waals surface area contributed by atoms with Crippen LogP contribution in [0, 0.1) is 0 Å². The Bertz CT molecular complexity index is 375. The number of hydrogen-bond donors (Lipinski definition) is 0. The van der Waals surface area contributed by atoms with E-state index in [4.69, 9.17) is 0 Å². The number of hydrogen-bond acceptors (Lipinski definition) is 0. The van der Waals surface area contributed by atoms with E-state index in [-0.39, 0.29) is 3.23 Å². The van der Waals surface area contributed by atoms with Crippen molar-refractivity contribution in [3.8, 4) is 0 Å². The highest BCUT2D eigenvalue weighted by Gasteiger charge is 2.28. The number of allylic oxidation sites excluding steroid dienone is 4. The van der Waals surface area contributed by atoms with E-state index in [1.807, 2.05) is 6.07 Å². The molecule has 0 saturated heterocycles. The van der Waals surface area contributed by atoms with Crippen LogP contribution < -0.4 is 0 Å². The summed E-state index contributed by atoms with van der Waals surface area (Å²) >= 11 is 7.39. The molecule has 2 heteroatoms. The molecule has 0 amide bonds. The molecule has 2 rings (SSSR count). The lowest BCUT2D eigenvalue weighted by Gasteiger charge is -2.25. The molecule has 0 aliphatic heterocycles. The van der Waals surface area contributed by atoms with Crippen molar-refractivity contribution < 1.29 is 0 Å². The van der Waals surface area contributed by atoms with Gasteiger partial charge in [0.1, 0.15) is 3.23 Å². The number of rotatable bonds is 1. The molecule has 0 nitrogen and oxygen atoms in total. The van der Waals surface area contributed by atoms with Gasteiger partial charge in [0.15, 0.2) is 0 Å². The Kier molecular flexibility index (Phi) is 2.93. The van der Waals surface area contributed by atoms with Crippen LogP contribution in [-0.4, -0.2) is 3.23 Å². The first kappa shape index (κ1) is 10.2. The normalized spacial score (nSPS) is 19.1. The van der Waals surface area contributed by atoms with E-state index in [1.54, 1.807) is 0 Å².